The Morgan fingerprint density at radius 1 is 1.08 bits per heavy atom. The van der Waals surface area contributed by atoms with E-state index in [0.717, 1.165) is 0 Å². The second-order valence-corrected chi connectivity index (χ2v) is 5.78. The van der Waals surface area contributed by atoms with Crippen molar-refractivity contribution < 1.29 is 9.18 Å². The number of rotatable bonds is 5. The highest BCUT2D eigenvalue weighted by Gasteiger charge is 2.07. The molecule has 0 atom stereocenters. The zero-order chi connectivity index (χ0) is 17.6. The van der Waals surface area contributed by atoms with E-state index in [-0.39, 0.29) is 11.7 Å². The number of nitrogens with one attached hydrogen (secondary N) is 2. The van der Waals surface area contributed by atoms with Crippen LogP contribution in [0, 0.1) is 5.82 Å². The van der Waals surface area contributed by atoms with Crippen LogP contribution >= 0.6 is 11.6 Å². The molecule has 0 radical (unpaired) electrons. The molecule has 1 heterocycles. The van der Waals surface area contributed by atoms with Gasteiger partial charge in [0.05, 0.1) is 5.56 Å². The molecule has 3 aromatic rings. The Hall–Kier alpha value is -2.92. The van der Waals surface area contributed by atoms with Gasteiger partial charge in [0.15, 0.2) is 0 Å². The molecule has 0 unspecified atom stereocenters. The fraction of sp³-hybridized carbons (Fsp3) is 0.0526. The maximum atomic E-state index is 13.6. The Bertz CT molecular complexity index is 884. The molecule has 3 rings (SSSR count). The van der Waals surface area contributed by atoms with Crippen LogP contribution in [0.25, 0.3) is 0 Å². The molecule has 0 saturated heterocycles. The number of amides is 1. The van der Waals surface area contributed by atoms with E-state index >= 15 is 0 Å². The van der Waals surface area contributed by atoms with Crippen LogP contribution < -0.4 is 10.6 Å². The van der Waals surface area contributed by atoms with Crippen LogP contribution in [-0.2, 0) is 6.54 Å². The number of hydrogen-bond acceptors (Lipinski definition) is 3. The van der Waals surface area contributed by atoms with Crippen molar-refractivity contribution in [3.05, 3.63) is 88.8 Å². The van der Waals surface area contributed by atoms with Gasteiger partial charge in [-0.3, -0.25) is 4.79 Å². The van der Waals surface area contributed by atoms with Gasteiger partial charge in [-0.25, -0.2) is 9.37 Å². The van der Waals surface area contributed by atoms with Gasteiger partial charge in [-0.2, -0.15) is 0 Å². The monoisotopic (exact) mass is 355 g/mol. The molecule has 0 aliphatic rings. The predicted octanol–water partition coefficient (Wildman–Crippen LogP) is 4.74. The predicted molar refractivity (Wildman–Crippen MR) is 97.4 cm³/mol. The highest BCUT2D eigenvalue weighted by molar-refractivity contribution is 6.30. The second kappa shape index (κ2) is 7.77. The van der Waals surface area contributed by atoms with Gasteiger partial charge in [-0.15, -0.1) is 0 Å². The Morgan fingerprint density at radius 2 is 1.92 bits per heavy atom. The van der Waals surface area contributed by atoms with Crippen LogP contribution in [-0.4, -0.2) is 10.9 Å². The van der Waals surface area contributed by atoms with E-state index in [0.29, 0.717) is 34.2 Å². The summed E-state index contributed by atoms with van der Waals surface area (Å²) < 4.78 is 13.6. The first-order chi connectivity index (χ1) is 12.1. The van der Waals surface area contributed by atoms with E-state index in [2.05, 4.69) is 15.6 Å². The lowest BCUT2D eigenvalue weighted by atomic mass is 10.2. The highest BCUT2D eigenvalue weighted by atomic mass is 35.5. The standard InChI is InChI=1S/C19H15ClFN3O/c20-15-5-3-6-16(10-15)24-19(25)14-8-9-18(23-12-14)22-11-13-4-1-2-7-17(13)21/h1-10,12H,11H2,(H,22,23)(H,24,25). The van der Waals surface area contributed by atoms with E-state index in [1.54, 1.807) is 54.6 Å². The molecule has 0 aliphatic carbocycles. The quantitative estimate of drug-likeness (QED) is 0.695. The van der Waals surface area contributed by atoms with Gasteiger partial charge in [0, 0.05) is 29.0 Å². The number of pyridine rings is 1. The van der Waals surface area contributed by atoms with Gasteiger partial charge < -0.3 is 10.6 Å². The lowest BCUT2D eigenvalue weighted by Gasteiger charge is -2.08. The molecule has 0 aliphatic heterocycles. The molecule has 126 valence electrons. The van der Waals surface area contributed by atoms with Crippen molar-refractivity contribution in [2.75, 3.05) is 10.6 Å². The smallest absolute Gasteiger partial charge is 0.257 e. The minimum Gasteiger partial charge on any atom is -0.366 e. The average molecular weight is 356 g/mol. The van der Waals surface area contributed by atoms with E-state index in [1.165, 1.54) is 12.3 Å². The molecule has 0 fully saturated rings. The average Bonchev–Trinajstić information content (AvgIpc) is 2.61. The van der Waals surface area contributed by atoms with Crippen molar-refractivity contribution in [1.82, 2.24) is 4.98 Å². The van der Waals surface area contributed by atoms with E-state index in [9.17, 15) is 9.18 Å². The number of nitrogens with zero attached hydrogens (tertiary/aromatic N) is 1. The van der Waals surface area contributed by atoms with Crippen LogP contribution in [0.3, 0.4) is 0 Å². The van der Waals surface area contributed by atoms with Gasteiger partial charge in [-0.05, 0) is 36.4 Å². The van der Waals surface area contributed by atoms with Crippen molar-refractivity contribution in [1.29, 1.82) is 0 Å². The fourth-order valence-electron chi connectivity index (χ4n) is 2.23. The van der Waals surface area contributed by atoms with Crippen molar-refractivity contribution in [3.8, 4) is 0 Å². The molecule has 4 nitrogen and oxygen atoms in total. The first-order valence-corrected chi connectivity index (χ1v) is 8.00. The third-order valence-electron chi connectivity index (χ3n) is 3.53. The maximum absolute atomic E-state index is 13.6. The van der Waals surface area contributed by atoms with Crippen molar-refractivity contribution >= 4 is 29.0 Å². The molecule has 0 bridgehead atoms. The number of halogens is 2. The Balaban J connectivity index is 1.61. The van der Waals surface area contributed by atoms with E-state index in [1.807, 2.05) is 0 Å². The SMILES string of the molecule is O=C(Nc1cccc(Cl)c1)c1ccc(NCc2ccccc2F)nc1. The molecule has 2 aromatic carbocycles. The number of carbonyl (C=O) groups is 1. The summed E-state index contributed by atoms with van der Waals surface area (Å²) in [7, 11) is 0. The molecule has 0 spiro atoms. The van der Waals surface area contributed by atoms with Crippen LogP contribution in [0.1, 0.15) is 15.9 Å². The minimum atomic E-state index is -0.282. The summed E-state index contributed by atoms with van der Waals surface area (Å²) in [4.78, 5) is 16.4. The van der Waals surface area contributed by atoms with Crippen LogP contribution in [0.2, 0.25) is 5.02 Å². The fourth-order valence-corrected chi connectivity index (χ4v) is 2.42. The summed E-state index contributed by atoms with van der Waals surface area (Å²) in [5, 5.41) is 6.32. The summed E-state index contributed by atoms with van der Waals surface area (Å²) in [6, 6.07) is 16.8. The normalized spacial score (nSPS) is 10.3. The lowest BCUT2D eigenvalue weighted by Crippen LogP contribution is -2.12. The molecule has 25 heavy (non-hydrogen) atoms. The first-order valence-electron chi connectivity index (χ1n) is 7.62. The van der Waals surface area contributed by atoms with Gasteiger partial charge in [-0.1, -0.05) is 35.9 Å². The van der Waals surface area contributed by atoms with Gasteiger partial charge in [0.25, 0.3) is 5.91 Å². The number of aromatic nitrogens is 1. The zero-order valence-electron chi connectivity index (χ0n) is 13.2. The van der Waals surface area contributed by atoms with E-state index in [4.69, 9.17) is 11.6 Å². The summed E-state index contributed by atoms with van der Waals surface area (Å²) in [5.74, 6) is 0.00509. The Kier molecular flexibility index (Phi) is 5.26. The number of benzene rings is 2. The summed E-state index contributed by atoms with van der Waals surface area (Å²) >= 11 is 5.89. The topological polar surface area (TPSA) is 54.0 Å². The molecule has 6 heteroatoms. The minimum absolute atomic E-state index is 0.271. The maximum Gasteiger partial charge on any atom is 0.257 e. The summed E-state index contributed by atoms with van der Waals surface area (Å²) in [6.45, 7) is 0.313. The third-order valence-corrected chi connectivity index (χ3v) is 3.76. The van der Waals surface area contributed by atoms with Gasteiger partial charge >= 0.3 is 0 Å². The third kappa shape index (κ3) is 4.55. The molecule has 1 amide bonds. The number of anilines is 2. The molecule has 1 aromatic heterocycles. The summed E-state index contributed by atoms with van der Waals surface area (Å²) in [5.41, 5.74) is 1.57. The van der Waals surface area contributed by atoms with Crippen molar-refractivity contribution in [2.24, 2.45) is 0 Å². The molecular formula is C19H15ClFN3O. The first kappa shape index (κ1) is 16.9. The second-order valence-electron chi connectivity index (χ2n) is 5.34. The molecule has 0 saturated carbocycles. The van der Waals surface area contributed by atoms with Crippen LogP contribution in [0.4, 0.5) is 15.9 Å². The van der Waals surface area contributed by atoms with Crippen molar-refractivity contribution in [2.45, 2.75) is 6.54 Å². The van der Waals surface area contributed by atoms with Gasteiger partial charge in [0.1, 0.15) is 11.6 Å². The highest BCUT2D eigenvalue weighted by Crippen LogP contribution is 2.16. The number of hydrogen-bond donors (Lipinski definition) is 2. The van der Waals surface area contributed by atoms with Crippen molar-refractivity contribution in [3.63, 3.8) is 0 Å². The Labute approximate surface area is 149 Å². The van der Waals surface area contributed by atoms with Crippen LogP contribution in [0.5, 0.6) is 0 Å². The number of carbonyl (C=O) groups excluding carboxylic acids is 1. The van der Waals surface area contributed by atoms with Gasteiger partial charge in [0.2, 0.25) is 0 Å². The summed E-state index contributed by atoms with van der Waals surface area (Å²) in [6.07, 6.45) is 1.46. The van der Waals surface area contributed by atoms with E-state index < -0.39 is 0 Å². The molecular weight excluding hydrogens is 341 g/mol. The largest absolute Gasteiger partial charge is 0.366 e. The lowest BCUT2D eigenvalue weighted by molar-refractivity contribution is 0.102. The molecule has 2 N–H and O–H groups in total. The van der Waals surface area contributed by atoms with Crippen LogP contribution in [0.15, 0.2) is 66.9 Å². The Morgan fingerprint density at radius 3 is 2.64 bits per heavy atom. The zero-order valence-corrected chi connectivity index (χ0v) is 13.9.